The van der Waals surface area contributed by atoms with Crippen molar-refractivity contribution in [3.8, 4) is 0 Å². The van der Waals surface area contributed by atoms with E-state index in [-0.39, 0.29) is 6.04 Å². The molecule has 1 aliphatic rings. The molecule has 94 valence electrons. The van der Waals surface area contributed by atoms with E-state index in [0.29, 0.717) is 0 Å². The van der Waals surface area contributed by atoms with Crippen LogP contribution in [0.15, 0.2) is 6.07 Å². The fourth-order valence-electron chi connectivity index (χ4n) is 1.96. The summed E-state index contributed by atoms with van der Waals surface area (Å²) in [6, 6.07) is 2.13. The van der Waals surface area contributed by atoms with Crippen LogP contribution in [0.2, 0.25) is 0 Å². The molecule has 1 fully saturated rings. The fraction of sp³-hybridized carbons (Fsp3) is 0.667. The Morgan fingerprint density at radius 1 is 1.41 bits per heavy atom. The zero-order chi connectivity index (χ0) is 12.3. The van der Waals surface area contributed by atoms with Crippen molar-refractivity contribution < 1.29 is 4.74 Å². The summed E-state index contributed by atoms with van der Waals surface area (Å²) in [7, 11) is 0. The number of aryl methyl sites for hydroxylation is 1. The number of aromatic nitrogens is 2. The first-order valence-electron chi connectivity index (χ1n) is 6.08. The standard InChI is InChI=1S/C12H20N4O/c1-9(13)7-11-8-10(2)14-12(15-11)16-3-5-17-6-4-16/h8-9H,3-7,13H2,1-2H3. The van der Waals surface area contributed by atoms with E-state index in [9.17, 15) is 0 Å². The number of nitrogens with two attached hydrogens (primary N) is 1. The van der Waals surface area contributed by atoms with Gasteiger partial charge in [0.25, 0.3) is 0 Å². The molecule has 2 N–H and O–H groups in total. The molecule has 1 aliphatic heterocycles. The van der Waals surface area contributed by atoms with Gasteiger partial charge in [-0.15, -0.1) is 0 Å². The summed E-state index contributed by atoms with van der Waals surface area (Å²) < 4.78 is 5.33. The van der Waals surface area contributed by atoms with Gasteiger partial charge in [-0.3, -0.25) is 0 Å². The minimum Gasteiger partial charge on any atom is -0.378 e. The summed E-state index contributed by atoms with van der Waals surface area (Å²) in [6.07, 6.45) is 0.792. The predicted octanol–water partition coefficient (Wildman–Crippen LogP) is 0.511. The molecular weight excluding hydrogens is 216 g/mol. The topological polar surface area (TPSA) is 64.3 Å². The van der Waals surface area contributed by atoms with Crippen LogP contribution in [-0.4, -0.2) is 42.3 Å². The molecule has 1 atom stereocenters. The molecular formula is C12H20N4O. The van der Waals surface area contributed by atoms with E-state index in [0.717, 1.165) is 50.1 Å². The number of anilines is 1. The second-order valence-corrected chi connectivity index (χ2v) is 4.58. The quantitative estimate of drug-likeness (QED) is 0.828. The number of hydrogen-bond donors (Lipinski definition) is 1. The van der Waals surface area contributed by atoms with Crippen molar-refractivity contribution in [1.29, 1.82) is 0 Å². The van der Waals surface area contributed by atoms with Crippen molar-refractivity contribution in [2.24, 2.45) is 5.73 Å². The third kappa shape index (κ3) is 3.38. The van der Waals surface area contributed by atoms with E-state index in [1.165, 1.54) is 0 Å². The molecule has 0 bridgehead atoms. The number of nitrogens with zero attached hydrogens (tertiary/aromatic N) is 3. The Kier molecular flexibility index (Phi) is 3.91. The highest BCUT2D eigenvalue weighted by Gasteiger charge is 2.15. The zero-order valence-electron chi connectivity index (χ0n) is 10.5. The number of rotatable bonds is 3. The monoisotopic (exact) mass is 236 g/mol. The summed E-state index contributed by atoms with van der Waals surface area (Å²) in [4.78, 5) is 11.2. The molecule has 0 amide bonds. The van der Waals surface area contributed by atoms with Crippen molar-refractivity contribution >= 4 is 5.95 Å². The van der Waals surface area contributed by atoms with Crippen LogP contribution in [0.4, 0.5) is 5.95 Å². The number of ether oxygens (including phenoxy) is 1. The van der Waals surface area contributed by atoms with Crippen LogP contribution in [0.5, 0.6) is 0 Å². The van der Waals surface area contributed by atoms with E-state index in [1.807, 2.05) is 19.9 Å². The fourth-order valence-corrected chi connectivity index (χ4v) is 1.96. The molecule has 2 heterocycles. The Hall–Kier alpha value is -1.20. The van der Waals surface area contributed by atoms with Gasteiger partial charge in [-0.2, -0.15) is 0 Å². The lowest BCUT2D eigenvalue weighted by molar-refractivity contribution is 0.122. The average molecular weight is 236 g/mol. The lowest BCUT2D eigenvalue weighted by atomic mass is 10.2. The summed E-state index contributed by atoms with van der Waals surface area (Å²) in [5.74, 6) is 0.809. The second-order valence-electron chi connectivity index (χ2n) is 4.58. The van der Waals surface area contributed by atoms with Gasteiger partial charge >= 0.3 is 0 Å². The van der Waals surface area contributed by atoms with Crippen LogP contribution >= 0.6 is 0 Å². The van der Waals surface area contributed by atoms with Crippen LogP contribution in [0.1, 0.15) is 18.3 Å². The van der Waals surface area contributed by atoms with Gasteiger partial charge < -0.3 is 15.4 Å². The maximum atomic E-state index is 5.81. The lowest BCUT2D eigenvalue weighted by Gasteiger charge is -2.27. The van der Waals surface area contributed by atoms with Gasteiger partial charge in [0.1, 0.15) is 0 Å². The molecule has 5 heteroatoms. The lowest BCUT2D eigenvalue weighted by Crippen LogP contribution is -2.37. The van der Waals surface area contributed by atoms with Gasteiger partial charge in [0.05, 0.1) is 13.2 Å². The first-order valence-corrected chi connectivity index (χ1v) is 6.08. The first-order chi connectivity index (χ1) is 8.15. The Labute approximate surface area is 102 Å². The molecule has 0 radical (unpaired) electrons. The molecule has 1 saturated heterocycles. The van der Waals surface area contributed by atoms with E-state index in [4.69, 9.17) is 10.5 Å². The van der Waals surface area contributed by atoms with Crippen LogP contribution in [0.3, 0.4) is 0 Å². The van der Waals surface area contributed by atoms with Crippen molar-refractivity contribution in [2.45, 2.75) is 26.3 Å². The predicted molar refractivity (Wildman–Crippen MR) is 67.2 cm³/mol. The summed E-state index contributed by atoms with van der Waals surface area (Å²) in [5, 5.41) is 0. The minimum atomic E-state index is 0.127. The molecule has 2 rings (SSSR count). The third-order valence-corrected chi connectivity index (χ3v) is 2.72. The molecule has 1 aromatic heterocycles. The SMILES string of the molecule is Cc1cc(CC(C)N)nc(N2CCOCC2)n1. The van der Waals surface area contributed by atoms with E-state index in [2.05, 4.69) is 14.9 Å². The zero-order valence-corrected chi connectivity index (χ0v) is 10.5. The molecule has 0 aliphatic carbocycles. The van der Waals surface area contributed by atoms with Gasteiger partial charge in [-0.1, -0.05) is 0 Å². The Morgan fingerprint density at radius 2 is 2.12 bits per heavy atom. The Balaban J connectivity index is 2.18. The van der Waals surface area contributed by atoms with Crippen LogP contribution in [-0.2, 0) is 11.2 Å². The molecule has 0 aromatic carbocycles. The van der Waals surface area contributed by atoms with Gasteiger partial charge in [0.2, 0.25) is 5.95 Å². The highest BCUT2D eigenvalue weighted by Crippen LogP contribution is 2.12. The highest BCUT2D eigenvalue weighted by molar-refractivity contribution is 5.33. The van der Waals surface area contributed by atoms with Gasteiger partial charge in [-0.05, 0) is 19.9 Å². The smallest absolute Gasteiger partial charge is 0.225 e. The minimum absolute atomic E-state index is 0.127. The normalized spacial score (nSPS) is 18.2. The van der Waals surface area contributed by atoms with Crippen LogP contribution in [0.25, 0.3) is 0 Å². The largest absolute Gasteiger partial charge is 0.378 e. The molecule has 0 saturated carbocycles. The molecule has 0 spiro atoms. The summed E-state index contributed by atoms with van der Waals surface area (Å²) in [5.41, 5.74) is 7.83. The van der Waals surface area contributed by atoms with Gasteiger partial charge in [-0.25, -0.2) is 9.97 Å². The average Bonchev–Trinajstić information content (AvgIpc) is 2.28. The van der Waals surface area contributed by atoms with E-state index >= 15 is 0 Å². The van der Waals surface area contributed by atoms with E-state index in [1.54, 1.807) is 0 Å². The van der Waals surface area contributed by atoms with Gasteiger partial charge in [0, 0.05) is 36.9 Å². The molecule has 1 unspecified atom stereocenters. The Morgan fingerprint density at radius 3 is 2.76 bits per heavy atom. The second kappa shape index (κ2) is 5.42. The van der Waals surface area contributed by atoms with Crippen LogP contribution < -0.4 is 10.6 Å². The maximum Gasteiger partial charge on any atom is 0.225 e. The Bertz CT molecular complexity index is 375. The molecule has 17 heavy (non-hydrogen) atoms. The van der Waals surface area contributed by atoms with E-state index < -0.39 is 0 Å². The first kappa shape index (κ1) is 12.3. The van der Waals surface area contributed by atoms with Crippen molar-refractivity contribution in [3.05, 3.63) is 17.5 Å². The number of morpholine rings is 1. The highest BCUT2D eigenvalue weighted by atomic mass is 16.5. The van der Waals surface area contributed by atoms with Gasteiger partial charge in [0.15, 0.2) is 0 Å². The number of hydrogen-bond acceptors (Lipinski definition) is 5. The van der Waals surface area contributed by atoms with Crippen LogP contribution in [0, 0.1) is 6.92 Å². The maximum absolute atomic E-state index is 5.81. The van der Waals surface area contributed by atoms with Crippen molar-refractivity contribution in [1.82, 2.24) is 9.97 Å². The molecule has 1 aromatic rings. The van der Waals surface area contributed by atoms with Crippen molar-refractivity contribution in [2.75, 3.05) is 31.2 Å². The molecule has 5 nitrogen and oxygen atoms in total. The third-order valence-electron chi connectivity index (χ3n) is 2.72. The summed E-state index contributed by atoms with van der Waals surface area (Å²) in [6.45, 7) is 7.21. The summed E-state index contributed by atoms with van der Waals surface area (Å²) >= 11 is 0. The van der Waals surface area contributed by atoms with Crippen molar-refractivity contribution in [3.63, 3.8) is 0 Å².